The van der Waals surface area contributed by atoms with Crippen molar-refractivity contribution in [2.45, 2.75) is 25.9 Å². The van der Waals surface area contributed by atoms with Gasteiger partial charge < -0.3 is 20.3 Å². The van der Waals surface area contributed by atoms with Crippen molar-refractivity contribution in [2.24, 2.45) is 4.99 Å². The number of hydrogen-bond donors (Lipinski definition) is 2. The van der Waals surface area contributed by atoms with Gasteiger partial charge >= 0.3 is 0 Å². The van der Waals surface area contributed by atoms with Crippen LogP contribution in [0.15, 0.2) is 29.3 Å². The van der Waals surface area contributed by atoms with E-state index in [0.29, 0.717) is 12.1 Å². The zero-order chi connectivity index (χ0) is 18.2. The Bertz CT molecular complexity index is 568. The second kappa shape index (κ2) is 9.27. The quantitative estimate of drug-likeness (QED) is 0.586. The molecule has 134 valence electrons. The second-order valence-electron chi connectivity index (χ2n) is 6.47. The summed E-state index contributed by atoms with van der Waals surface area (Å²) >= 11 is 0. The number of aliphatic imine (C=N–C) groups is 1. The van der Waals surface area contributed by atoms with Gasteiger partial charge in [-0.3, -0.25) is 9.79 Å². The highest BCUT2D eigenvalue weighted by Gasteiger charge is 2.16. The highest BCUT2D eigenvalue weighted by Crippen LogP contribution is 2.08. The minimum absolute atomic E-state index is 0.0177. The fourth-order valence-corrected chi connectivity index (χ4v) is 2.03. The number of nitrogens with zero attached hydrogens (tertiary/aromatic N) is 2. The molecular formula is C18H30N4O2. The van der Waals surface area contributed by atoms with Gasteiger partial charge in [0.05, 0.1) is 5.60 Å². The SMILES string of the molecule is CN=C(NCCc1cccc(C(=O)N(C)C)c1)NCC(C)(C)OC. The lowest BCUT2D eigenvalue weighted by Crippen LogP contribution is -2.45. The average molecular weight is 334 g/mol. The van der Waals surface area contributed by atoms with Crippen LogP contribution in [0, 0.1) is 0 Å². The predicted molar refractivity (Wildman–Crippen MR) is 98.6 cm³/mol. The summed E-state index contributed by atoms with van der Waals surface area (Å²) in [4.78, 5) is 17.8. The van der Waals surface area contributed by atoms with Crippen LogP contribution in [0.3, 0.4) is 0 Å². The van der Waals surface area contributed by atoms with Crippen molar-refractivity contribution < 1.29 is 9.53 Å². The molecule has 0 atom stereocenters. The van der Waals surface area contributed by atoms with E-state index in [2.05, 4.69) is 15.6 Å². The van der Waals surface area contributed by atoms with Crippen LogP contribution in [0.1, 0.15) is 29.8 Å². The summed E-state index contributed by atoms with van der Waals surface area (Å²) in [6, 6.07) is 7.72. The van der Waals surface area contributed by atoms with E-state index in [4.69, 9.17) is 4.74 Å². The molecule has 0 aliphatic rings. The summed E-state index contributed by atoms with van der Waals surface area (Å²) in [5, 5.41) is 6.52. The molecule has 1 aromatic carbocycles. The zero-order valence-corrected chi connectivity index (χ0v) is 15.6. The maximum atomic E-state index is 12.0. The normalized spacial score (nSPS) is 12.0. The molecule has 0 saturated carbocycles. The standard InChI is InChI=1S/C18H30N4O2/c1-18(2,24-6)13-21-17(19-3)20-11-10-14-8-7-9-15(12-14)16(23)22(4)5/h7-9,12H,10-11,13H2,1-6H3,(H2,19,20,21). The molecule has 0 radical (unpaired) electrons. The molecule has 2 N–H and O–H groups in total. The van der Waals surface area contributed by atoms with Crippen molar-refractivity contribution in [2.75, 3.05) is 41.3 Å². The summed E-state index contributed by atoms with van der Waals surface area (Å²) in [7, 11) is 6.95. The fourth-order valence-electron chi connectivity index (χ4n) is 2.03. The van der Waals surface area contributed by atoms with Gasteiger partial charge in [-0.15, -0.1) is 0 Å². The predicted octanol–water partition coefficient (Wildman–Crippen LogP) is 1.52. The Labute approximate surface area is 145 Å². The molecule has 0 aliphatic carbocycles. The first-order valence-electron chi connectivity index (χ1n) is 8.09. The van der Waals surface area contributed by atoms with Crippen LogP contribution in [-0.4, -0.2) is 63.7 Å². The summed E-state index contributed by atoms with van der Waals surface area (Å²) in [5.41, 5.74) is 1.57. The minimum atomic E-state index is -0.251. The van der Waals surface area contributed by atoms with Crippen molar-refractivity contribution in [1.82, 2.24) is 15.5 Å². The first kappa shape index (κ1) is 20.0. The second-order valence-corrected chi connectivity index (χ2v) is 6.47. The van der Waals surface area contributed by atoms with E-state index in [0.717, 1.165) is 24.5 Å². The number of nitrogens with one attached hydrogen (secondary N) is 2. The Balaban J connectivity index is 2.51. The summed E-state index contributed by atoms with van der Waals surface area (Å²) in [6.07, 6.45) is 0.808. The molecular weight excluding hydrogens is 304 g/mol. The van der Waals surface area contributed by atoms with E-state index < -0.39 is 0 Å². The van der Waals surface area contributed by atoms with Crippen LogP contribution in [-0.2, 0) is 11.2 Å². The summed E-state index contributed by atoms with van der Waals surface area (Å²) in [6.45, 7) is 5.42. The molecule has 24 heavy (non-hydrogen) atoms. The van der Waals surface area contributed by atoms with E-state index in [1.807, 2.05) is 38.1 Å². The van der Waals surface area contributed by atoms with E-state index in [1.165, 1.54) is 0 Å². The monoisotopic (exact) mass is 334 g/mol. The third-order valence-electron chi connectivity index (χ3n) is 3.74. The van der Waals surface area contributed by atoms with E-state index in [-0.39, 0.29) is 11.5 Å². The van der Waals surface area contributed by atoms with Gasteiger partial charge in [-0.1, -0.05) is 12.1 Å². The Hall–Kier alpha value is -2.08. The van der Waals surface area contributed by atoms with E-state index >= 15 is 0 Å². The van der Waals surface area contributed by atoms with Crippen LogP contribution >= 0.6 is 0 Å². The number of guanidine groups is 1. The number of benzene rings is 1. The first-order chi connectivity index (χ1) is 11.3. The molecule has 0 aliphatic heterocycles. The van der Waals surface area contributed by atoms with Gasteiger partial charge in [0.15, 0.2) is 5.96 Å². The maximum Gasteiger partial charge on any atom is 0.253 e. The summed E-state index contributed by atoms with van der Waals surface area (Å²) < 4.78 is 5.38. The van der Waals surface area contributed by atoms with Crippen molar-refractivity contribution >= 4 is 11.9 Å². The smallest absolute Gasteiger partial charge is 0.253 e. The third kappa shape index (κ3) is 6.58. The lowest BCUT2D eigenvalue weighted by molar-refractivity contribution is 0.0268. The van der Waals surface area contributed by atoms with Crippen molar-refractivity contribution in [3.63, 3.8) is 0 Å². The largest absolute Gasteiger partial charge is 0.377 e. The Kier molecular flexibility index (Phi) is 7.71. The molecule has 0 spiro atoms. The van der Waals surface area contributed by atoms with Crippen molar-refractivity contribution in [1.29, 1.82) is 0 Å². The van der Waals surface area contributed by atoms with Crippen molar-refractivity contribution in [3.8, 4) is 0 Å². The lowest BCUT2D eigenvalue weighted by atomic mass is 10.1. The van der Waals surface area contributed by atoms with Gasteiger partial charge in [0.25, 0.3) is 5.91 Å². The first-order valence-corrected chi connectivity index (χ1v) is 8.09. The van der Waals surface area contributed by atoms with Gasteiger partial charge in [-0.2, -0.15) is 0 Å². The minimum Gasteiger partial charge on any atom is -0.377 e. The van der Waals surface area contributed by atoms with Gasteiger partial charge in [0.2, 0.25) is 0 Å². The Morgan fingerprint density at radius 1 is 1.29 bits per heavy atom. The number of amides is 1. The lowest BCUT2D eigenvalue weighted by Gasteiger charge is -2.24. The van der Waals surface area contributed by atoms with E-state index in [1.54, 1.807) is 33.2 Å². The highest BCUT2D eigenvalue weighted by molar-refractivity contribution is 5.94. The van der Waals surface area contributed by atoms with Gasteiger partial charge in [0, 0.05) is 46.9 Å². The topological polar surface area (TPSA) is 66.0 Å². The number of ether oxygens (including phenoxy) is 1. The number of hydrogen-bond acceptors (Lipinski definition) is 3. The molecule has 0 heterocycles. The number of carbonyl (C=O) groups excluding carboxylic acids is 1. The van der Waals surface area contributed by atoms with Gasteiger partial charge in [0.1, 0.15) is 0 Å². The van der Waals surface area contributed by atoms with Crippen LogP contribution < -0.4 is 10.6 Å². The highest BCUT2D eigenvalue weighted by atomic mass is 16.5. The molecule has 0 fully saturated rings. The van der Waals surface area contributed by atoms with Crippen LogP contribution in [0.25, 0.3) is 0 Å². The number of methoxy groups -OCH3 is 1. The maximum absolute atomic E-state index is 12.0. The van der Waals surface area contributed by atoms with Gasteiger partial charge in [-0.25, -0.2) is 0 Å². The van der Waals surface area contributed by atoms with Crippen LogP contribution in [0.5, 0.6) is 0 Å². The molecule has 1 amide bonds. The molecule has 0 aromatic heterocycles. The van der Waals surface area contributed by atoms with Crippen LogP contribution in [0.4, 0.5) is 0 Å². The number of rotatable bonds is 7. The molecule has 0 unspecified atom stereocenters. The molecule has 1 aromatic rings. The Morgan fingerprint density at radius 2 is 2.00 bits per heavy atom. The summed E-state index contributed by atoms with van der Waals surface area (Å²) in [5.74, 6) is 0.754. The molecule has 6 nitrogen and oxygen atoms in total. The molecule has 1 rings (SSSR count). The van der Waals surface area contributed by atoms with E-state index in [9.17, 15) is 4.79 Å². The Morgan fingerprint density at radius 3 is 2.58 bits per heavy atom. The van der Waals surface area contributed by atoms with Crippen LogP contribution in [0.2, 0.25) is 0 Å². The fraction of sp³-hybridized carbons (Fsp3) is 0.556. The third-order valence-corrected chi connectivity index (χ3v) is 3.74. The van der Waals surface area contributed by atoms with Gasteiger partial charge in [-0.05, 0) is 38.0 Å². The average Bonchev–Trinajstić information content (AvgIpc) is 2.57. The molecule has 0 bridgehead atoms. The molecule has 6 heteroatoms. The zero-order valence-electron chi connectivity index (χ0n) is 15.6. The molecule has 0 saturated heterocycles. The number of carbonyl (C=O) groups is 1. The van der Waals surface area contributed by atoms with Crippen molar-refractivity contribution in [3.05, 3.63) is 35.4 Å².